The lowest BCUT2D eigenvalue weighted by Gasteiger charge is -2.21. The van der Waals surface area contributed by atoms with E-state index in [1.165, 1.54) is 19.3 Å². The van der Waals surface area contributed by atoms with Gasteiger partial charge in [-0.1, -0.05) is 19.3 Å². The Kier molecular flexibility index (Phi) is 5.61. The van der Waals surface area contributed by atoms with Crippen molar-refractivity contribution < 1.29 is 18.7 Å². The zero-order valence-electron chi connectivity index (χ0n) is 9.21. The molecular formula is C11H19FO3. The number of carbonyl (C=O) groups excluding carboxylic acids is 1. The standard InChI is InChI=1S/C11H19FO3/c1-2-14-11(13)10(12)15-8-9-6-4-3-5-7-9/h9-10H,2-8H2,1H3. The normalized spacial score (nSPS) is 19.9. The minimum atomic E-state index is -1.91. The molecular weight excluding hydrogens is 199 g/mol. The molecule has 15 heavy (non-hydrogen) atoms. The Hall–Kier alpha value is -0.640. The predicted octanol–water partition coefficient (Wildman–Crippen LogP) is 2.44. The highest BCUT2D eigenvalue weighted by Crippen LogP contribution is 2.24. The second-order valence-electron chi connectivity index (χ2n) is 3.91. The fourth-order valence-electron chi connectivity index (χ4n) is 1.85. The lowest BCUT2D eigenvalue weighted by atomic mass is 9.90. The summed E-state index contributed by atoms with van der Waals surface area (Å²) in [4.78, 5) is 10.9. The van der Waals surface area contributed by atoms with Gasteiger partial charge in [-0.3, -0.25) is 0 Å². The van der Waals surface area contributed by atoms with Gasteiger partial charge in [0, 0.05) is 0 Å². The zero-order valence-corrected chi connectivity index (χ0v) is 9.21. The number of esters is 1. The highest BCUT2D eigenvalue weighted by Gasteiger charge is 2.21. The first-order valence-electron chi connectivity index (χ1n) is 5.66. The number of rotatable bonds is 5. The third kappa shape index (κ3) is 4.60. The van der Waals surface area contributed by atoms with Crippen LogP contribution in [0.15, 0.2) is 0 Å². The average Bonchev–Trinajstić information content (AvgIpc) is 2.27. The van der Waals surface area contributed by atoms with Gasteiger partial charge in [0.1, 0.15) is 0 Å². The molecule has 0 aliphatic heterocycles. The largest absolute Gasteiger partial charge is 0.462 e. The van der Waals surface area contributed by atoms with Crippen LogP contribution in [0.4, 0.5) is 4.39 Å². The Bertz CT molecular complexity index is 190. The molecule has 0 aromatic rings. The van der Waals surface area contributed by atoms with Crippen molar-refractivity contribution in [1.82, 2.24) is 0 Å². The quantitative estimate of drug-likeness (QED) is 0.665. The van der Waals surface area contributed by atoms with Crippen molar-refractivity contribution in [3.05, 3.63) is 0 Å². The molecule has 1 aliphatic rings. The predicted molar refractivity (Wildman–Crippen MR) is 54.1 cm³/mol. The minimum absolute atomic E-state index is 0.187. The van der Waals surface area contributed by atoms with Crippen LogP contribution >= 0.6 is 0 Å². The van der Waals surface area contributed by atoms with Crippen LogP contribution in [0.1, 0.15) is 39.0 Å². The molecule has 1 saturated carbocycles. The van der Waals surface area contributed by atoms with Crippen molar-refractivity contribution in [2.75, 3.05) is 13.2 Å². The monoisotopic (exact) mass is 218 g/mol. The van der Waals surface area contributed by atoms with Gasteiger partial charge in [-0.25, -0.2) is 9.18 Å². The molecule has 88 valence electrons. The van der Waals surface area contributed by atoms with Gasteiger partial charge in [0.15, 0.2) is 0 Å². The number of halogens is 1. The summed E-state index contributed by atoms with van der Waals surface area (Å²) >= 11 is 0. The number of carbonyl (C=O) groups is 1. The zero-order chi connectivity index (χ0) is 11.1. The maximum absolute atomic E-state index is 13.0. The number of alkyl halides is 1. The summed E-state index contributed by atoms with van der Waals surface area (Å²) in [6, 6.07) is 0. The summed E-state index contributed by atoms with van der Waals surface area (Å²) < 4.78 is 22.4. The van der Waals surface area contributed by atoms with Gasteiger partial charge < -0.3 is 9.47 Å². The van der Waals surface area contributed by atoms with Crippen molar-refractivity contribution in [2.45, 2.75) is 45.4 Å². The molecule has 3 nitrogen and oxygen atoms in total. The van der Waals surface area contributed by atoms with E-state index in [-0.39, 0.29) is 6.61 Å². The number of hydrogen-bond acceptors (Lipinski definition) is 3. The van der Waals surface area contributed by atoms with E-state index < -0.39 is 12.3 Å². The molecule has 4 heteroatoms. The smallest absolute Gasteiger partial charge is 0.368 e. The van der Waals surface area contributed by atoms with Gasteiger partial charge >= 0.3 is 5.97 Å². The van der Waals surface area contributed by atoms with E-state index in [9.17, 15) is 9.18 Å². The third-order valence-corrected chi connectivity index (χ3v) is 2.67. The van der Waals surface area contributed by atoms with Crippen LogP contribution in [0.3, 0.4) is 0 Å². The first kappa shape index (κ1) is 12.4. The lowest BCUT2D eigenvalue weighted by molar-refractivity contribution is -0.171. The van der Waals surface area contributed by atoms with Crippen LogP contribution in [0.25, 0.3) is 0 Å². The Balaban J connectivity index is 2.14. The van der Waals surface area contributed by atoms with Crippen molar-refractivity contribution >= 4 is 5.97 Å². The summed E-state index contributed by atoms with van der Waals surface area (Å²) in [5.41, 5.74) is 0. The minimum Gasteiger partial charge on any atom is -0.462 e. The van der Waals surface area contributed by atoms with E-state index in [4.69, 9.17) is 4.74 Å². The molecule has 0 aromatic heterocycles. The first-order valence-corrected chi connectivity index (χ1v) is 5.66. The summed E-state index contributed by atoms with van der Waals surface area (Å²) in [6.07, 6.45) is 3.87. The molecule has 1 unspecified atom stereocenters. The topological polar surface area (TPSA) is 35.5 Å². The van der Waals surface area contributed by atoms with E-state index in [1.54, 1.807) is 6.92 Å². The maximum Gasteiger partial charge on any atom is 0.368 e. The van der Waals surface area contributed by atoms with E-state index in [1.807, 2.05) is 0 Å². The molecule has 0 radical (unpaired) electrons. The average molecular weight is 218 g/mol. The second kappa shape index (κ2) is 6.77. The van der Waals surface area contributed by atoms with Gasteiger partial charge in [0.05, 0.1) is 13.2 Å². The lowest BCUT2D eigenvalue weighted by Crippen LogP contribution is -2.25. The molecule has 0 saturated heterocycles. The van der Waals surface area contributed by atoms with E-state index in [2.05, 4.69) is 4.74 Å². The molecule has 0 aromatic carbocycles. The van der Waals surface area contributed by atoms with Gasteiger partial charge in [-0.15, -0.1) is 0 Å². The van der Waals surface area contributed by atoms with E-state index in [0.29, 0.717) is 12.5 Å². The summed E-state index contributed by atoms with van der Waals surface area (Å²) in [6.45, 7) is 2.16. The molecule has 0 spiro atoms. The highest BCUT2D eigenvalue weighted by molar-refractivity contribution is 5.72. The Morgan fingerprint density at radius 3 is 2.67 bits per heavy atom. The van der Waals surface area contributed by atoms with Crippen molar-refractivity contribution in [2.24, 2.45) is 5.92 Å². The Morgan fingerprint density at radius 1 is 1.40 bits per heavy atom. The highest BCUT2D eigenvalue weighted by atomic mass is 19.1. The summed E-state index contributed by atoms with van der Waals surface area (Å²) in [5, 5.41) is 0. The van der Waals surface area contributed by atoms with Crippen LogP contribution in [0.2, 0.25) is 0 Å². The van der Waals surface area contributed by atoms with Crippen LogP contribution in [-0.2, 0) is 14.3 Å². The maximum atomic E-state index is 13.0. The van der Waals surface area contributed by atoms with E-state index in [0.717, 1.165) is 12.8 Å². The second-order valence-corrected chi connectivity index (χ2v) is 3.91. The fourth-order valence-corrected chi connectivity index (χ4v) is 1.85. The van der Waals surface area contributed by atoms with Gasteiger partial charge in [-0.05, 0) is 25.7 Å². The first-order chi connectivity index (χ1) is 7.24. The number of ether oxygens (including phenoxy) is 2. The molecule has 0 bridgehead atoms. The van der Waals surface area contributed by atoms with Crippen molar-refractivity contribution in [3.8, 4) is 0 Å². The Morgan fingerprint density at radius 2 is 2.07 bits per heavy atom. The van der Waals surface area contributed by atoms with E-state index >= 15 is 0 Å². The molecule has 0 amide bonds. The third-order valence-electron chi connectivity index (χ3n) is 2.67. The SMILES string of the molecule is CCOC(=O)C(F)OCC1CCCCC1. The molecule has 1 rings (SSSR count). The molecule has 0 heterocycles. The molecule has 0 N–H and O–H groups in total. The number of hydrogen-bond donors (Lipinski definition) is 0. The molecule has 1 fully saturated rings. The Labute approximate surface area is 89.9 Å². The van der Waals surface area contributed by atoms with Crippen LogP contribution < -0.4 is 0 Å². The van der Waals surface area contributed by atoms with Gasteiger partial charge in [-0.2, -0.15) is 0 Å². The van der Waals surface area contributed by atoms with Crippen LogP contribution in [0.5, 0.6) is 0 Å². The molecule has 1 aliphatic carbocycles. The van der Waals surface area contributed by atoms with Crippen LogP contribution in [-0.4, -0.2) is 25.5 Å². The fraction of sp³-hybridized carbons (Fsp3) is 0.909. The summed E-state index contributed by atoms with van der Waals surface area (Å²) in [7, 11) is 0. The van der Waals surface area contributed by atoms with Crippen molar-refractivity contribution in [1.29, 1.82) is 0 Å². The van der Waals surface area contributed by atoms with Crippen LogP contribution in [0, 0.1) is 5.92 Å². The van der Waals surface area contributed by atoms with Crippen molar-refractivity contribution in [3.63, 3.8) is 0 Å². The van der Waals surface area contributed by atoms with Gasteiger partial charge in [0.2, 0.25) is 0 Å². The van der Waals surface area contributed by atoms with Gasteiger partial charge in [0.25, 0.3) is 6.36 Å². The summed E-state index contributed by atoms with van der Waals surface area (Å²) in [5.74, 6) is -0.500. The molecule has 1 atom stereocenters.